The van der Waals surface area contributed by atoms with Crippen LogP contribution in [0.5, 0.6) is 0 Å². The summed E-state index contributed by atoms with van der Waals surface area (Å²) in [5.74, 6) is -6.12. The Hall–Kier alpha value is -3.26. The molecule has 0 aromatic rings. The first-order chi connectivity index (χ1) is 13.8. The van der Waals surface area contributed by atoms with E-state index in [0.717, 1.165) is 0 Å². The molecule has 170 valence electrons. The lowest BCUT2D eigenvalue weighted by Gasteiger charge is -2.25. The number of carboxylic acid groups (broad SMARTS) is 1. The molecule has 0 saturated carbocycles. The number of aliphatic hydroxyl groups excluding tert-OH is 1. The molecule has 0 aliphatic carbocycles. The average molecular weight is 432 g/mol. The number of amides is 5. The highest BCUT2D eigenvalue weighted by atomic mass is 16.4. The summed E-state index contributed by atoms with van der Waals surface area (Å²) in [6, 6.07) is -5.62. The molecule has 5 unspecified atom stereocenters. The van der Waals surface area contributed by atoms with Crippen LogP contribution in [0.25, 0.3) is 0 Å². The number of aliphatic carboxylic acids is 1. The minimum Gasteiger partial charge on any atom is -0.480 e. The van der Waals surface area contributed by atoms with Crippen molar-refractivity contribution in [2.24, 2.45) is 17.2 Å². The van der Waals surface area contributed by atoms with Crippen LogP contribution in [0.4, 0.5) is 0 Å². The minimum absolute atomic E-state index is 0.316. The Morgan fingerprint density at radius 1 is 0.833 bits per heavy atom. The Morgan fingerprint density at radius 3 is 1.77 bits per heavy atom. The van der Waals surface area contributed by atoms with Crippen molar-refractivity contribution in [2.75, 3.05) is 0 Å². The standard InChI is InChI=1S/C16H28N6O8/c1-6(17)13(26)22-12(7(2)23)15(28)20-8(3-4-10(18)24)14(27)21-9(16(29)30)5-11(19)25/h6-9,12,23H,3-5,17H2,1-2H3,(H2,18,24)(H2,19,25)(H,20,28)(H,21,27)(H,22,26)(H,29,30). The van der Waals surface area contributed by atoms with E-state index in [0.29, 0.717) is 0 Å². The van der Waals surface area contributed by atoms with Gasteiger partial charge in [-0.05, 0) is 20.3 Å². The number of aliphatic hydroxyl groups is 1. The average Bonchev–Trinajstić information content (AvgIpc) is 2.60. The van der Waals surface area contributed by atoms with Gasteiger partial charge in [0.25, 0.3) is 0 Å². The molecule has 0 aliphatic rings. The van der Waals surface area contributed by atoms with E-state index in [1.54, 1.807) is 0 Å². The van der Waals surface area contributed by atoms with E-state index in [-0.39, 0.29) is 12.8 Å². The van der Waals surface area contributed by atoms with Crippen LogP contribution < -0.4 is 33.2 Å². The summed E-state index contributed by atoms with van der Waals surface area (Å²) in [6.07, 6.45) is -2.76. The van der Waals surface area contributed by atoms with Gasteiger partial charge in [0.05, 0.1) is 18.6 Å². The van der Waals surface area contributed by atoms with E-state index in [1.807, 2.05) is 5.32 Å². The lowest BCUT2D eigenvalue weighted by Crippen LogP contribution is -2.59. The largest absolute Gasteiger partial charge is 0.480 e. The summed E-state index contributed by atoms with van der Waals surface area (Å²) in [4.78, 5) is 69.9. The molecule has 11 N–H and O–H groups in total. The molecular weight excluding hydrogens is 404 g/mol. The summed E-state index contributed by atoms with van der Waals surface area (Å²) in [7, 11) is 0. The van der Waals surface area contributed by atoms with Gasteiger partial charge in [0.2, 0.25) is 29.5 Å². The maximum atomic E-state index is 12.5. The predicted molar refractivity (Wildman–Crippen MR) is 101 cm³/mol. The summed E-state index contributed by atoms with van der Waals surface area (Å²) < 4.78 is 0. The summed E-state index contributed by atoms with van der Waals surface area (Å²) in [5.41, 5.74) is 15.4. The van der Waals surface area contributed by atoms with Gasteiger partial charge in [0, 0.05) is 6.42 Å². The number of carbonyl (C=O) groups is 6. The first-order valence-corrected chi connectivity index (χ1v) is 8.90. The summed E-state index contributed by atoms with van der Waals surface area (Å²) in [5, 5.41) is 25.3. The van der Waals surface area contributed by atoms with Crippen molar-refractivity contribution < 1.29 is 39.0 Å². The molecular formula is C16H28N6O8. The smallest absolute Gasteiger partial charge is 0.326 e. The molecule has 30 heavy (non-hydrogen) atoms. The fraction of sp³-hybridized carbons (Fsp3) is 0.625. The molecule has 0 heterocycles. The Bertz CT molecular complexity index is 681. The quantitative estimate of drug-likeness (QED) is 0.139. The van der Waals surface area contributed by atoms with Crippen LogP contribution >= 0.6 is 0 Å². The lowest BCUT2D eigenvalue weighted by atomic mass is 10.1. The molecule has 0 aromatic carbocycles. The Kier molecular flexibility index (Phi) is 11.0. The van der Waals surface area contributed by atoms with Gasteiger partial charge < -0.3 is 43.4 Å². The maximum absolute atomic E-state index is 12.5. The highest BCUT2D eigenvalue weighted by Gasteiger charge is 2.32. The first-order valence-electron chi connectivity index (χ1n) is 8.90. The number of hydrogen-bond acceptors (Lipinski definition) is 8. The number of hydrogen-bond donors (Lipinski definition) is 8. The highest BCUT2D eigenvalue weighted by molar-refractivity contribution is 5.95. The molecule has 0 rings (SSSR count). The van der Waals surface area contributed by atoms with E-state index < -0.39 is 72.2 Å². The summed E-state index contributed by atoms with van der Waals surface area (Å²) in [6.45, 7) is 2.55. The molecule has 14 nitrogen and oxygen atoms in total. The Labute approximate surface area is 171 Å². The number of carboxylic acids is 1. The molecule has 0 radical (unpaired) electrons. The van der Waals surface area contributed by atoms with Crippen molar-refractivity contribution >= 4 is 35.5 Å². The zero-order chi connectivity index (χ0) is 23.6. The fourth-order valence-electron chi connectivity index (χ4n) is 2.18. The van der Waals surface area contributed by atoms with Crippen LogP contribution in [0.15, 0.2) is 0 Å². The molecule has 0 aliphatic heterocycles. The highest BCUT2D eigenvalue weighted by Crippen LogP contribution is 2.03. The van der Waals surface area contributed by atoms with Crippen LogP contribution in [-0.4, -0.2) is 76.0 Å². The third-order valence-electron chi connectivity index (χ3n) is 3.81. The number of nitrogens with one attached hydrogen (secondary N) is 3. The van der Waals surface area contributed by atoms with E-state index in [4.69, 9.17) is 22.3 Å². The monoisotopic (exact) mass is 432 g/mol. The van der Waals surface area contributed by atoms with Crippen molar-refractivity contribution in [2.45, 2.75) is 63.4 Å². The van der Waals surface area contributed by atoms with Gasteiger partial charge in [0.15, 0.2) is 0 Å². The zero-order valence-corrected chi connectivity index (χ0v) is 16.6. The molecule has 0 bridgehead atoms. The van der Waals surface area contributed by atoms with Gasteiger partial charge in [-0.15, -0.1) is 0 Å². The predicted octanol–water partition coefficient (Wildman–Crippen LogP) is -4.61. The maximum Gasteiger partial charge on any atom is 0.326 e. The van der Waals surface area contributed by atoms with Gasteiger partial charge in [-0.3, -0.25) is 24.0 Å². The van der Waals surface area contributed by atoms with Crippen molar-refractivity contribution in [3.63, 3.8) is 0 Å². The topological polar surface area (TPSA) is 257 Å². The lowest BCUT2D eigenvalue weighted by molar-refractivity contribution is -0.144. The number of rotatable bonds is 13. The van der Waals surface area contributed by atoms with Crippen molar-refractivity contribution in [3.8, 4) is 0 Å². The van der Waals surface area contributed by atoms with Crippen LogP contribution in [0, 0.1) is 0 Å². The molecule has 0 aromatic heterocycles. The first kappa shape index (κ1) is 26.7. The van der Waals surface area contributed by atoms with Crippen molar-refractivity contribution in [3.05, 3.63) is 0 Å². The van der Waals surface area contributed by atoms with E-state index in [1.165, 1.54) is 13.8 Å². The van der Waals surface area contributed by atoms with Crippen LogP contribution in [0.2, 0.25) is 0 Å². The molecule has 5 atom stereocenters. The second-order valence-electron chi connectivity index (χ2n) is 6.65. The second-order valence-corrected chi connectivity index (χ2v) is 6.65. The number of primary amides is 2. The zero-order valence-electron chi connectivity index (χ0n) is 16.6. The van der Waals surface area contributed by atoms with Gasteiger partial charge in [0.1, 0.15) is 18.1 Å². The Balaban J connectivity index is 5.47. The molecule has 14 heteroatoms. The molecule has 0 saturated heterocycles. The molecule has 0 fully saturated rings. The van der Waals surface area contributed by atoms with E-state index in [2.05, 4.69) is 10.6 Å². The van der Waals surface area contributed by atoms with E-state index in [9.17, 15) is 33.9 Å². The number of carbonyl (C=O) groups excluding carboxylic acids is 5. The van der Waals surface area contributed by atoms with Crippen molar-refractivity contribution in [1.82, 2.24) is 16.0 Å². The van der Waals surface area contributed by atoms with Gasteiger partial charge in [-0.25, -0.2) is 4.79 Å². The van der Waals surface area contributed by atoms with Gasteiger partial charge in [-0.2, -0.15) is 0 Å². The minimum atomic E-state index is -1.67. The van der Waals surface area contributed by atoms with Crippen molar-refractivity contribution in [1.29, 1.82) is 0 Å². The van der Waals surface area contributed by atoms with Gasteiger partial charge >= 0.3 is 5.97 Å². The molecule has 0 spiro atoms. The second kappa shape index (κ2) is 12.3. The third kappa shape index (κ3) is 9.79. The fourth-order valence-corrected chi connectivity index (χ4v) is 2.18. The van der Waals surface area contributed by atoms with Crippen LogP contribution in [-0.2, 0) is 28.8 Å². The SMILES string of the molecule is CC(N)C(=O)NC(C(=O)NC(CCC(N)=O)C(=O)NC(CC(N)=O)C(=O)O)C(C)O. The van der Waals surface area contributed by atoms with E-state index >= 15 is 0 Å². The third-order valence-corrected chi connectivity index (χ3v) is 3.81. The normalized spacial score (nSPS) is 15.6. The Morgan fingerprint density at radius 2 is 1.37 bits per heavy atom. The van der Waals surface area contributed by atoms with Crippen LogP contribution in [0.1, 0.15) is 33.1 Å². The van der Waals surface area contributed by atoms with Crippen LogP contribution in [0.3, 0.4) is 0 Å². The molecule has 5 amide bonds. The number of nitrogens with two attached hydrogens (primary N) is 3. The summed E-state index contributed by atoms with van der Waals surface area (Å²) >= 11 is 0. The van der Waals surface area contributed by atoms with Gasteiger partial charge in [-0.1, -0.05) is 0 Å².